The first-order valence-electron chi connectivity index (χ1n) is 9.87. The van der Waals surface area contributed by atoms with Crippen molar-refractivity contribution in [2.24, 2.45) is 10.1 Å². The second kappa shape index (κ2) is 8.20. The number of hydrazone groups is 1. The summed E-state index contributed by atoms with van der Waals surface area (Å²) in [6.45, 7) is 2.06. The van der Waals surface area contributed by atoms with Crippen molar-refractivity contribution in [1.29, 1.82) is 5.41 Å². The molecule has 0 fully saturated rings. The molecule has 6 nitrogen and oxygen atoms in total. The summed E-state index contributed by atoms with van der Waals surface area (Å²) in [6.07, 6.45) is 3.31. The third-order valence-corrected chi connectivity index (χ3v) is 6.77. The summed E-state index contributed by atoms with van der Waals surface area (Å²) >= 11 is 2.88. The lowest BCUT2D eigenvalue weighted by Gasteiger charge is -2.19. The number of amidine groups is 2. The number of carbonyl (C=O) groups is 1. The highest BCUT2D eigenvalue weighted by Gasteiger charge is 2.35. The number of fused-ring (bicyclic) bond motifs is 2. The van der Waals surface area contributed by atoms with Crippen molar-refractivity contribution in [1.82, 2.24) is 5.01 Å². The Labute approximate surface area is 187 Å². The second-order valence-corrected chi connectivity index (χ2v) is 9.09. The zero-order valence-corrected chi connectivity index (χ0v) is 18.3. The first-order chi connectivity index (χ1) is 15.1. The Kier molecular flexibility index (Phi) is 5.25. The number of amides is 1. The van der Waals surface area contributed by atoms with Gasteiger partial charge in [-0.05, 0) is 59.7 Å². The van der Waals surface area contributed by atoms with Gasteiger partial charge in [0.15, 0.2) is 10.9 Å². The van der Waals surface area contributed by atoms with Crippen molar-refractivity contribution in [3.8, 4) is 0 Å². The van der Waals surface area contributed by atoms with Crippen LogP contribution >= 0.6 is 23.5 Å². The molecule has 0 aliphatic carbocycles. The van der Waals surface area contributed by atoms with Gasteiger partial charge in [0.1, 0.15) is 10.8 Å². The summed E-state index contributed by atoms with van der Waals surface area (Å²) in [4.78, 5) is 17.7. The number of hydrogen-bond donors (Lipinski definition) is 1. The van der Waals surface area contributed by atoms with Gasteiger partial charge in [0.05, 0.1) is 5.57 Å². The molecule has 2 aliphatic heterocycles. The molecule has 1 N–H and O–H groups in total. The Morgan fingerprint density at radius 1 is 1.16 bits per heavy atom. The molecule has 154 valence electrons. The number of furan rings is 1. The van der Waals surface area contributed by atoms with Crippen molar-refractivity contribution in [3.05, 3.63) is 65.9 Å². The predicted octanol–water partition coefficient (Wildman–Crippen LogP) is 6.00. The minimum atomic E-state index is -0.448. The van der Waals surface area contributed by atoms with Gasteiger partial charge in [-0.2, -0.15) is 15.1 Å². The number of hydrogen-bond acceptors (Lipinski definition) is 6. The van der Waals surface area contributed by atoms with Gasteiger partial charge in [-0.3, -0.25) is 10.2 Å². The summed E-state index contributed by atoms with van der Waals surface area (Å²) in [7, 11) is 0. The quantitative estimate of drug-likeness (QED) is 0.486. The van der Waals surface area contributed by atoms with Crippen LogP contribution in [0.15, 0.2) is 84.7 Å². The van der Waals surface area contributed by atoms with E-state index in [9.17, 15) is 4.79 Å². The second-order valence-electron chi connectivity index (χ2n) is 7.00. The fourth-order valence-corrected chi connectivity index (χ4v) is 5.27. The van der Waals surface area contributed by atoms with Crippen molar-refractivity contribution in [2.75, 3.05) is 0 Å². The Morgan fingerprint density at radius 3 is 2.87 bits per heavy atom. The number of nitrogens with one attached hydrogen (secondary N) is 1. The van der Waals surface area contributed by atoms with Crippen LogP contribution in [-0.4, -0.2) is 27.0 Å². The van der Waals surface area contributed by atoms with E-state index in [-0.39, 0.29) is 11.4 Å². The van der Waals surface area contributed by atoms with Gasteiger partial charge in [-0.25, -0.2) is 0 Å². The molecule has 2 aromatic carbocycles. The number of nitrogens with zero attached hydrogens (tertiary/aromatic N) is 3. The third-order valence-electron chi connectivity index (χ3n) is 4.81. The highest BCUT2D eigenvalue weighted by Crippen LogP contribution is 2.35. The molecule has 0 radical (unpaired) electrons. The van der Waals surface area contributed by atoms with Crippen LogP contribution in [0, 0.1) is 5.41 Å². The predicted molar refractivity (Wildman–Crippen MR) is 127 cm³/mol. The molecule has 8 heteroatoms. The molecule has 0 saturated heterocycles. The first kappa shape index (κ1) is 19.8. The summed E-state index contributed by atoms with van der Waals surface area (Å²) in [5.41, 5.74) is 0.168. The van der Waals surface area contributed by atoms with Crippen LogP contribution in [0.4, 0.5) is 0 Å². The molecule has 3 aromatic rings. The summed E-state index contributed by atoms with van der Waals surface area (Å²) in [6, 6.07) is 18.0. The maximum atomic E-state index is 12.5. The van der Waals surface area contributed by atoms with Crippen LogP contribution in [0.3, 0.4) is 0 Å². The topological polar surface area (TPSA) is 82.0 Å². The van der Waals surface area contributed by atoms with Gasteiger partial charge < -0.3 is 4.42 Å². The highest BCUT2D eigenvalue weighted by atomic mass is 32.2. The average molecular weight is 447 g/mol. The molecule has 0 spiro atoms. The maximum Gasteiger partial charge on any atom is 0.283 e. The van der Waals surface area contributed by atoms with Crippen LogP contribution in [0.2, 0.25) is 0 Å². The van der Waals surface area contributed by atoms with Gasteiger partial charge in [0.25, 0.3) is 5.91 Å². The third kappa shape index (κ3) is 3.84. The van der Waals surface area contributed by atoms with Crippen molar-refractivity contribution in [2.45, 2.75) is 29.8 Å². The lowest BCUT2D eigenvalue weighted by atomic mass is 10.1. The molecule has 1 amide bonds. The van der Waals surface area contributed by atoms with E-state index in [0.717, 1.165) is 28.2 Å². The summed E-state index contributed by atoms with van der Waals surface area (Å²) < 4.78 is 5.94. The Hall–Kier alpha value is -3.10. The highest BCUT2D eigenvalue weighted by molar-refractivity contribution is 8.26. The summed E-state index contributed by atoms with van der Waals surface area (Å²) in [5, 5.41) is 18.6. The normalized spacial score (nSPS) is 17.3. The number of benzene rings is 2. The van der Waals surface area contributed by atoms with E-state index in [1.165, 1.54) is 33.9 Å². The van der Waals surface area contributed by atoms with E-state index < -0.39 is 5.91 Å². The van der Waals surface area contributed by atoms with Crippen LogP contribution in [0.25, 0.3) is 16.8 Å². The zero-order valence-electron chi connectivity index (χ0n) is 16.7. The molecule has 31 heavy (non-hydrogen) atoms. The minimum Gasteiger partial charge on any atom is -0.450 e. The van der Waals surface area contributed by atoms with Gasteiger partial charge in [0.2, 0.25) is 5.17 Å². The van der Waals surface area contributed by atoms with E-state index in [4.69, 9.17) is 9.83 Å². The monoisotopic (exact) mass is 446 g/mol. The Morgan fingerprint density at radius 2 is 2.00 bits per heavy atom. The number of rotatable bonds is 5. The number of aliphatic imine (C=N–C) groups is 1. The van der Waals surface area contributed by atoms with Gasteiger partial charge in [-0.1, -0.05) is 55.1 Å². The lowest BCUT2D eigenvalue weighted by Crippen LogP contribution is -2.35. The first-order valence-corrected chi connectivity index (χ1v) is 11.5. The van der Waals surface area contributed by atoms with E-state index in [0.29, 0.717) is 16.0 Å². The molecule has 2 aliphatic rings. The van der Waals surface area contributed by atoms with Crippen LogP contribution in [0.5, 0.6) is 0 Å². The van der Waals surface area contributed by atoms with E-state index in [1.807, 2.05) is 24.3 Å². The van der Waals surface area contributed by atoms with Gasteiger partial charge in [0, 0.05) is 4.90 Å². The van der Waals surface area contributed by atoms with E-state index >= 15 is 0 Å². The molecule has 3 heterocycles. The van der Waals surface area contributed by atoms with Crippen LogP contribution < -0.4 is 0 Å². The largest absolute Gasteiger partial charge is 0.450 e. The van der Waals surface area contributed by atoms with Crippen LogP contribution in [-0.2, 0) is 4.79 Å². The number of carbonyl (C=O) groups excluding carboxylic acids is 1. The summed E-state index contributed by atoms with van der Waals surface area (Å²) in [5.74, 6) is 0.0729. The van der Waals surface area contributed by atoms with Crippen molar-refractivity contribution < 1.29 is 9.21 Å². The molecule has 0 atom stereocenters. The minimum absolute atomic E-state index is 0.0215. The molecule has 0 bridgehead atoms. The average Bonchev–Trinajstić information content (AvgIpc) is 3.38. The van der Waals surface area contributed by atoms with E-state index in [2.05, 4.69) is 41.3 Å². The Bertz CT molecular complexity index is 1300. The smallest absolute Gasteiger partial charge is 0.283 e. The molecular formula is C23H18N4O2S2. The molecular weight excluding hydrogens is 428 g/mol. The fraction of sp³-hybridized carbons (Fsp3) is 0.130. The van der Waals surface area contributed by atoms with Gasteiger partial charge >= 0.3 is 0 Å². The zero-order chi connectivity index (χ0) is 21.4. The Balaban J connectivity index is 1.40. The lowest BCUT2D eigenvalue weighted by molar-refractivity contribution is -0.114. The van der Waals surface area contributed by atoms with Crippen molar-refractivity contribution >= 4 is 62.3 Å². The van der Waals surface area contributed by atoms with Crippen molar-refractivity contribution in [3.63, 3.8) is 0 Å². The standard InChI is InChI=1S/C23H18N4O2S2/c1-2-6-19-26-27-21(24)17(22(28)25-23(27)31-19)13-15-11-12-20(29-15)30-18-10-5-8-14-7-3-4-9-16(14)18/h3-5,7-13,24H,2,6H2,1H3/b17-13+,24-21?. The molecule has 0 saturated carbocycles. The maximum absolute atomic E-state index is 12.5. The molecule has 0 unspecified atom stereocenters. The molecule has 1 aromatic heterocycles. The number of thioether (sulfide) groups is 1. The fourth-order valence-electron chi connectivity index (χ4n) is 3.35. The van der Waals surface area contributed by atoms with E-state index in [1.54, 1.807) is 12.1 Å². The molecule has 5 rings (SSSR count). The SMILES string of the molecule is CCCC1=NN2C(=N)/C(=C\c3ccc(Sc4cccc5ccccc45)o3)C(=O)N=C2S1. The van der Waals surface area contributed by atoms with Gasteiger partial charge in [-0.15, -0.1) is 0 Å². The van der Waals surface area contributed by atoms with Crippen LogP contribution in [0.1, 0.15) is 25.5 Å².